The van der Waals surface area contributed by atoms with E-state index in [9.17, 15) is 19.5 Å². The number of hydrogen-bond acceptors (Lipinski definition) is 6. The van der Waals surface area contributed by atoms with Crippen LogP contribution in [0.5, 0.6) is 5.75 Å². The number of aliphatic hydroxyl groups is 1. The molecule has 1 aliphatic heterocycles. The molecule has 5 rings (SSSR count). The monoisotopic (exact) mass is 510 g/mol. The topological polar surface area (TPSA) is 109 Å². The Balaban J connectivity index is 1.56. The van der Waals surface area contributed by atoms with Crippen LogP contribution >= 0.6 is 0 Å². The summed E-state index contributed by atoms with van der Waals surface area (Å²) in [5.74, 6) is -1.64. The average Bonchev–Trinajstić information content (AvgIpc) is 3.49. The quantitative estimate of drug-likeness (QED) is 0.162. The Kier molecular flexibility index (Phi) is 6.70. The van der Waals surface area contributed by atoms with Crippen LogP contribution < -0.4 is 4.74 Å². The number of methoxy groups -OCH3 is 2. The number of rotatable bonds is 7. The number of aliphatic hydroxyl groups excluding tert-OH is 1. The van der Waals surface area contributed by atoms with Crippen molar-refractivity contribution in [3.05, 3.63) is 107 Å². The van der Waals surface area contributed by atoms with Crippen LogP contribution in [0.2, 0.25) is 0 Å². The van der Waals surface area contributed by atoms with E-state index < -0.39 is 23.7 Å². The predicted octanol–water partition coefficient (Wildman–Crippen LogP) is 4.63. The number of aromatic nitrogens is 1. The van der Waals surface area contributed by atoms with Gasteiger partial charge in [-0.1, -0.05) is 30.3 Å². The Bertz CT molecular complexity index is 1550. The third-order valence-electron chi connectivity index (χ3n) is 6.85. The molecule has 192 valence electrons. The van der Waals surface area contributed by atoms with Gasteiger partial charge in [-0.2, -0.15) is 0 Å². The Morgan fingerprint density at radius 3 is 2.32 bits per heavy atom. The third-order valence-corrected chi connectivity index (χ3v) is 6.85. The third kappa shape index (κ3) is 4.41. The van der Waals surface area contributed by atoms with Crippen LogP contribution in [0.1, 0.15) is 33.1 Å². The molecule has 1 atom stereocenters. The minimum atomic E-state index is -0.839. The number of hydrogen-bond donors (Lipinski definition) is 2. The Morgan fingerprint density at radius 1 is 0.947 bits per heavy atom. The van der Waals surface area contributed by atoms with Crippen LogP contribution in [0, 0.1) is 0 Å². The van der Waals surface area contributed by atoms with E-state index in [0.29, 0.717) is 28.9 Å². The van der Waals surface area contributed by atoms with Gasteiger partial charge in [0, 0.05) is 29.2 Å². The number of H-pyrrole nitrogens is 1. The molecule has 1 aromatic heterocycles. The Labute approximate surface area is 219 Å². The SMILES string of the molecule is COC(=O)c1ccc(C2/C(=C(/O)c3ccc(OC)cc3)C(=O)C(=O)N2CCc2c[nH]c3ccccc23)cc1. The van der Waals surface area contributed by atoms with Crippen LogP contribution in [-0.4, -0.2) is 53.4 Å². The Morgan fingerprint density at radius 2 is 1.63 bits per heavy atom. The van der Waals surface area contributed by atoms with Gasteiger partial charge in [-0.15, -0.1) is 0 Å². The van der Waals surface area contributed by atoms with Crippen molar-refractivity contribution in [2.75, 3.05) is 20.8 Å². The molecule has 4 aromatic rings. The maximum atomic E-state index is 13.3. The van der Waals surface area contributed by atoms with Crippen LogP contribution in [0.4, 0.5) is 0 Å². The van der Waals surface area contributed by atoms with Crippen LogP contribution in [0.15, 0.2) is 84.6 Å². The first kappa shape index (κ1) is 24.8. The standard InChI is InChI=1S/C30H26N2O6/c1-37-22-13-11-19(12-14-22)27(33)25-26(18-7-9-20(10-8-18)30(36)38-2)32(29(35)28(25)34)16-15-21-17-31-24-6-4-3-5-23(21)24/h3-14,17,26,31,33H,15-16H2,1-2H3/b27-25-. The van der Waals surface area contributed by atoms with E-state index in [1.807, 2.05) is 30.5 Å². The smallest absolute Gasteiger partial charge is 0.337 e. The van der Waals surface area contributed by atoms with E-state index in [2.05, 4.69) is 4.98 Å². The number of nitrogens with one attached hydrogen (secondary N) is 1. The molecule has 0 spiro atoms. The molecular weight excluding hydrogens is 484 g/mol. The maximum Gasteiger partial charge on any atom is 0.337 e. The molecule has 2 N–H and O–H groups in total. The highest BCUT2D eigenvalue weighted by molar-refractivity contribution is 6.46. The first-order valence-corrected chi connectivity index (χ1v) is 12.1. The molecule has 1 saturated heterocycles. The number of nitrogens with zero attached hydrogens (tertiary/aromatic N) is 1. The Hall–Kier alpha value is -4.85. The van der Waals surface area contributed by atoms with Gasteiger partial charge in [0.1, 0.15) is 11.5 Å². The highest BCUT2D eigenvalue weighted by Crippen LogP contribution is 2.40. The van der Waals surface area contributed by atoms with E-state index in [1.54, 1.807) is 48.5 Å². The number of fused-ring (bicyclic) bond motifs is 1. The first-order chi connectivity index (χ1) is 18.4. The molecule has 8 nitrogen and oxygen atoms in total. The van der Waals surface area contributed by atoms with Crippen LogP contribution in [-0.2, 0) is 20.7 Å². The summed E-state index contributed by atoms with van der Waals surface area (Å²) < 4.78 is 9.98. The number of ether oxygens (including phenoxy) is 2. The molecule has 38 heavy (non-hydrogen) atoms. The number of para-hydroxylation sites is 1. The van der Waals surface area contributed by atoms with Crippen LogP contribution in [0.25, 0.3) is 16.7 Å². The van der Waals surface area contributed by atoms with Gasteiger partial charge in [-0.05, 0) is 60.0 Å². The number of carbonyl (C=O) groups excluding carboxylic acids is 3. The highest BCUT2D eigenvalue weighted by atomic mass is 16.5. The summed E-state index contributed by atoms with van der Waals surface area (Å²) in [4.78, 5) is 43.3. The zero-order valence-electron chi connectivity index (χ0n) is 20.9. The summed E-state index contributed by atoms with van der Waals surface area (Å²) in [5, 5.41) is 12.3. The molecule has 1 unspecified atom stereocenters. The van der Waals surface area contributed by atoms with Gasteiger partial charge in [0.15, 0.2) is 0 Å². The summed E-state index contributed by atoms with van der Waals surface area (Å²) in [7, 11) is 2.83. The largest absolute Gasteiger partial charge is 0.507 e. The van der Waals surface area contributed by atoms with E-state index in [1.165, 1.54) is 19.1 Å². The predicted molar refractivity (Wildman–Crippen MR) is 142 cm³/mol. The molecule has 8 heteroatoms. The molecule has 1 aliphatic rings. The molecule has 3 aromatic carbocycles. The molecule has 0 radical (unpaired) electrons. The van der Waals surface area contributed by atoms with Gasteiger partial charge < -0.3 is 24.5 Å². The fraction of sp³-hybridized carbons (Fsp3) is 0.167. The van der Waals surface area contributed by atoms with Crippen LogP contribution in [0.3, 0.4) is 0 Å². The minimum absolute atomic E-state index is 0.00934. The van der Waals surface area contributed by atoms with Gasteiger partial charge in [0.2, 0.25) is 0 Å². The molecule has 0 bridgehead atoms. The fourth-order valence-corrected chi connectivity index (χ4v) is 4.86. The van der Waals surface area contributed by atoms with Crippen molar-refractivity contribution in [1.82, 2.24) is 9.88 Å². The lowest BCUT2D eigenvalue weighted by atomic mass is 9.94. The molecule has 1 amide bonds. The van der Waals surface area contributed by atoms with Crippen molar-refractivity contribution < 1.29 is 29.0 Å². The van der Waals surface area contributed by atoms with Gasteiger partial charge in [-0.3, -0.25) is 9.59 Å². The second kappa shape index (κ2) is 10.3. The zero-order chi connectivity index (χ0) is 26.8. The van der Waals surface area contributed by atoms with Crippen molar-refractivity contribution in [3.63, 3.8) is 0 Å². The number of aromatic amines is 1. The van der Waals surface area contributed by atoms with Crippen molar-refractivity contribution in [2.45, 2.75) is 12.5 Å². The molecular formula is C30H26N2O6. The number of carbonyl (C=O) groups is 3. The zero-order valence-corrected chi connectivity index (χ0v) is 20.9. The van der Waals surface area contributed by atoms with E-state index in [-0.39, 0.29) is 17.9 Å². The highest BCUT2D eigenvalue weighted by Gasteiger charge is 2.45. The molecule has 2 heterocycles. The van der Waals surface area contributed by atoms with Gasteiger partial charge in [0.25, 0.3) is 11.7 Å². The maximum absolute atomic E-state index is 13.3. The molecule has 0 saturated carbocycles. The molecule has 1 fully saturated rings. The van der Waals surface area contributed by atoms with E-state index in [4.69, 9.17) is 9.47 Å². The summed E-state index contributed by atoms with van der Waals surface area (Å²) in [6, 6.07) is 20.1. The van der Waals surface area contributed by atoms with Crippen molar-refractivity contribution in [3.8, 4) is 5.75 Å². The van der Waals surface area contributed by atoms with E-state index >= 15 is 0 Å². The minimum Gasteiger partial charge on any atom is -0.507 e. The van der Waals surface area contributed by atoms with Gasteiger partial charge in [-0.25, -0.2) is 4.79 Å². The summed E-state index contributed by atoms with van der Waals surface area (Å²) >= 11 is 0. The number of ketones is 1. The van der Waals surface area contributed by atoms with Crippen molar-refractivity contribution >= 4 is 34.3 Å². The lowest BCUT2D eigenvalue weighted by molar-refractivity contribution is -0.139. The summed E-state index contributed by atoms with van der Waals surface area (Å²) in [5.41, 5.74) is 3.30. The van der Waals surface area contributed by atoms with Gasteiger partial charge in [0.05, 0.1) is 31.4 Å². The van der Waals surface area contributed by atoms with E-state index in [0.717, 1.165) is 16.5 Å². The number of benzene rings is 3. The van der Waals surface area contributed by atoms with Gasteiger partial charge >= 0.3 is 5.97 Å². The molecule has 0 aliphatic carbocycles. The average molecular weight is 511 g/mol. The lowest BCUT2D eigenvalue weighted by Crippen LogP contribution is -2.31. The number of likely N-dealkylation sites (tertiary alicyclic amines) is 1. The summed E-state index contributed by atoms with van der Waals surface area (Å²) in [6.45, 7) is 0.245. The second-order valence-corrected chi connectivity index (χ2v) is 8.94. The fourth-order valence-electron chi connectivity index (χ4n) is 4.86. The first-order valence-electron chi connectivity index (χ1n) is 12.1. The van der Waals surface area contributed by atoms with Crippen molar-refractivity contribution in [2.24, 2.45) is 0 Å². The number of Topliss-reactive ketones (excluding diaryl/α,β-unsaturated/α-hetero) is 1. The second-order valence-electron chi connectivity index (χ2n) is 8.94. The summed E-state index contributed by atoms with van der Waals surface area (Å²) in [6.07, 6.45) is 2.40. The van der Waals surface area contributed by atoms with Crippen molar-refractivity contribution in [1.29, 1.82) is 0 Å². The lowest BCUT2D eigenvalue weighted by Gasteiger charge is -2.25. The number of esters is 1. The normalized spacial score (nSPS) is 16.7. The number of amides is 1.